The van der Waals surface area contributed by atoms with E-state index in [1.54, 1.807) is 29.8 Å². The molecule has 0 unspecified atom stereocenters. The molecule has 0 amide bonds. The second-order valence-electron chi connectivity index (χ2n) is 4.80. The topological polar surface area (TPSA) is 78.3 Å². The smallest absolute Gasteiger partial charge is 0.235 e. The van der Waals surface area contributed by atoms with Gasteiger partial charge in [-0.2, -0.15) is 4.52 Å². The van der Waals surface area contributed by atoms with Crippen molar-refractivity contribution in [2.24, 2.45) is 0 Å². The van der Waals surface area contributed by atoms with E-state index in [0.717, 1.165) is 11.3 Å². The summed E-state index contributed by atoms with van der Waals surface area (Å²) in [5.41, 5.74) is 1.51. The molecule has 0 saturated carbocycles. The van der Waals surface area contributed by atoms with Crippen molar-refractivity contribution in [3.05, 3.63) is 35.0 Å². The zero-order valence-corrected chi connectivity index (χ0v) is 13.7. The Hall–Kier alpha value is -2.45. The van der Waals surface area contributed by atoms with Gasteiger partial charge in [-0.05, 0) is 25.1 Å². The van der Waals surface area contributed by atoms with Crippen molar-refractivity contribution in [3.8, 4) is 27.9 Å². The Kier molecular flexibility index (Phi) is 3.28. The maximum Gasteiger partial charge on any atom is 0.235 e. The van der Waals surface area contributed by atoms with Gasteiger partial charge in [0.1, 0.15) is 5.75 Å². The molecule has 0 N–H and O–H groups in total. The molecule has 116 valence electrons. The number of nitrogens with zero attached hydrogens (tertiary/aromatic N) is 5. The minimum Gasteiger partial charge on any atom is -0.496 e. The number of halogens is 1. The lowest BCUT2D eigenvalue weighted by atomic mass is 10.2. The summed E-state index contributed by atoms with van der Waals surface area (Å²) >= 11 is 7.46. The molecule has 1 aromatic carbocycles. The van der Waals surface area contributed by atoms with Gasteiger partial charge in [0.25, 0.3) is 0 Å². The highest BCUT2D eigenvalue weighted by molar-refractivity contribution is 7.19. The minimum atomic E-state index is 0.554. The Morgan fingerprint density at radius 1 is 1.26 bits per heavy atom. The fourth-order valence-electron chi connectivity index (χ4n) is 2.20. The fraction of sp³-hybridized carbons (Fsp3) is 0.143. The molecule has 3 heterocycles. The van der Waals surface area contributed by atoms with E-state index >= 15 is 0 Å². The van der Waals surface area contributed by atoms with Crippen LogP contribution in [0.5, 0.6) is 5.75 Å². The number of benzene rings is 1. The first-order valence-corrected chi connectivity index (χ1v) is 7.85. The molecule has 0 saturated heterocycles. The van der Waals surface area contributed by atoms with Crippen LogP contribution >= 0.6 is 22.9 Å². The molecule has 4 aromatic rings. The van der Waals surface area contributed by atoms with Gasteiger partial charge in [-0.1, -0.05) is 28.1 Å². The molecular formula is C14H10ClN5O2S. The van der Waals surface area contributed by atoms with Crippen molar-refractivity contribution < 1.29 is 9.26 Å². The molecule has 0 bridgehead atoms. The molecule has 23 heavy (non-hydrogen) atoms. The lowest BCUT2D eigenvalue weighted by Crippen LogP contribution is -1.94. The normalized spacial score (nSPS) is 11.3. The summed E-state index contributed by atoms with van der Waals surface area (Å²) in [4.78, 5) is 0.645. The Balaban J connectivity index is 1.89. The second kappa shape index (κ2) is 5.32. The van der Waals surface area contributed by atoms with E-state index in [4.69, 9.17) is 20.9 Å². The average molecular weight is 348 g/mol. The van der Waals surface area contributed by atoms with E-state index in [-0.39, 0.29) is 0 Å². The fourth-order valence-corrected chi connectivity index (χ4v) is 3.16. The van der Waals surface area contributed by atoms with Crippen molar-refractivity contribution >= 4 is 27.9 Å². The van der Waals surface area contributed by atoms with Crippen LogP contribution in [0.2, 0.25) is 5.02 Å². The van der Waals surface area contributed by atoms with Gasteiger partial charge in [0.15, 0.2) is 16.6 Å². The highest BCUT2D eigenvalue weighted by Crippen LogP contribution is 2.33. The molecule has 0 spiro atoms. The SMILES string of the molecule is COc1ccc(Cl)cc1-c1nnc2sc(-c3cc(C)no3)nn12. The molecule has 7 nitrogen and oxygen atoms in total. The lowest BCUT2D eigenvalue weighted by molar-refractivity contribution is 0.416. The Labute approximate surface area is 139 Å². The highest BCUT2D eigenvalue weighted by atomic mass is 35.5. The van der Waals surface area contributed by atoms with E-state index in [0.29, 0.717) is 32.3 Å². The summed E-state index contributed by atoms with van der Waals surface area (Å²) in [6.07, 6.45) is 0. The standard InChI is InChI=1S/C14H10ClN5O2S/c1-7-5-11(22-19-7)13-18-20-12(16-17-14(20)23-13)9-6-8(15)3-4-10(9)21-2/h3-6H,1-2H3. The summed E-state index contributed by atoms with van der Waals surface area (Å²) in [6, 6.07) is 7.14. The second-order valence-corrected chi connectivity index (χ2v) is 6.19. The van der Waals surface area contributed by atoms with Crippen LogP contribution in [0.3, 0.4) is 0 Å². The van der Waals surface area contributed by atoms with Crippen molar-refractivity contribution in [2.45, 2.75) is 6.92 Å². The number of aromatic nitrogens is 5. The van der Waals surface area contributed by atoms with Crippen molar-refractivity contribution in [2.75, 3.05) is 7.11 Å². The van der Waals surface area contributed by atoms with Crippen LogP contribution in [0.4, 0.5) is 0 Å². The molecular weight excluding hydrogens is 338 g/mol. The van der Waals surface area contributed by atoms with Crippen LogP contribution < -0.4 is 4.74 Å². The van der Waals surface area contributed by atoms with Crippen molar-refractivity contribution in [3.63, 3.8) is 0 Å². The maximum atomic E-state index is 6.09. The molecule has 0 aliphatic heterocycles. The van der Waals surface area contributed by atoms with E-state index in [1.807, 2.05) is 13.0 Å². The average Bonchev–Trinajstić information content (AvgIpc) is 3.21. The molecule has 0 atom stereocenters. The monoisotopic (exact) mass is 347 g/mol. The van der Waals surface area contributed by atoms with Crippen LogP contribution in [0.15, 0.2) is 28.8 Å². The number of rotatable bonds is 3. The van der Waals surface area contributed by atoms with Gasteiger partial charge in [0, 0.05) is 11.1 Å². The summed E-state index contributed by atoms with van der Waals surface area (Å²) < 4.78 is 12.3. The third-order valence-corrected chi connectivity index (χ3v) is 4.38. The van der Waals surface area contributed by atoms with E-state index < -0.39 is 0 Å². The zero-order valence-electron chi connectivity index (χ0n) is 12.1. The van der Waals surface area contributed by atoms with Gasteiger partial charge in [-0.25, -0.2) is 0 Å². The first kappa shape index (κ1) is 14.2. The third-order valence-electron chi connectivity index (χ3n) is 3.23. The summed E-state index contributed by atoms with van der Waals surface area (Å²) in [7, 11) is 1.59. The van der Waals surface area contributed by atoms with Gasteiger partial charge in [0.2, 0.25) is 4.96 Å². The molecule has 0 aliphatic rings. The number of ether oxygens (including phenoxy) is 1. The Morgan fingerprint density at radius 2 is 2.13 bits per heavy atom. The van der Waals surface area contributed by atoms with Crippen molar-refractivity contribution in [1.82, 2.24) is 25.0 Å². The maximum absolute atomic E-state index is 6.09. The Bertz CT molecular complexity index is 1010. The number of hydrogen-bond donors (Lipinski definition) is 0. The molecule has 0 fully saturated rings. The van der Waals surface area contributed by atoms with Crippen LogP contribution in [0.25, 0.3) is 27.1 Å². The minimum absolute atomic E-state index is 0.554. The van der Waals surface area contributed by atoms with Crippen molar-refractivity contribution in [1.29, 1.82) is 0 Å². The number of aryl methyl sites for hydroxylation is 1. The predicted octanol–water partition coefficient (Wildman–Crippen LogP) is 3.48. The van der Waals surface area contributed by atoms with Crippen LogP contribution in [-0.2, 0) is 0 Å². The number of methoxy groups -OCH3 is 1. The van der Waals surface area contributed by atoms with Crippen LogP contribution in [0, 0.1) is 6.92 Å². The van der Waals surface area contributed by atoms with E-state index in [9.17, 15) is 0 Å². The van der Waals surface area contributed by atoms with Crippen LogP contribution in [0.1, 0.15) is 5.69 Å². The first-order valence-electron chi connectivity index (χ1n) is 6.65. The van der Waals surface area contributed by atoms with Gasteiger partial charge < -0.3 is 9.26 Å². The summed E-state index contributed by atoms with van der Waals surface area (Å²) in [5.74, 6) is 1.80. The van der Waals surface area contributed by atoms with Gasteiger partial charge in [-0.15, -0.1) is 15.3 Å². The number of hydrogen-bond acceptors (Lipinski definition) is 7. The zero-order chi connectivity index (χ0) is 16.0. The van der Waals surface area contributed by atoms with E-state index in [1.165, 1.54) is 11.3 Å². The van der Waals surface area contributed by atoms with Gasteiger partial charge in [0.05, 0.1) is 18.4 Å². The highest BCUT2D eigenvalue weighted by Gasteiger charge is 2.19. The lowest BCUT2D eigenvalue weighted by Gasteiger charge is -2.06. The largest absolute Gasteiger partial charge is 0.496 e. The van der Waals surface area contributed by atoms with Crippen LogP contribution in [-0.4, -0.2) is 32.1 Å². The molecule has 9 heteroatoms. The van der Waals surface area contributed by atoms with Gasteiger partial charge in [-0.3, -0.25) is 0 Å². The quantitative estimate of drug-likeness (QED) is 0.564. The van der Waals surface area contributed by atoms with Gasteiger partial charge >= 0.3 is 0 Å². The third kappa shape index (κ3) is 2.36. The molecule has 0 radical (unpaired) electrons. The Morgan fingerprint density at radius 3 is 2.87 bits per heavy atom. The molecule has 0 aliphatic carbocycles. The first-order chi connectivity index (χ1) is 11.2. The molecule has 4 rings (SSSR count). The van der Waals surface area contributed by atoms with E-state index in [2.05, 4.69) is 20.5 Å². The predicted molar refractivity (Wildman–Crippen MR) is 85.9 cm³/mol. The summed E-state index contributed by atoms with van der Waals surface area (Å²) in [6.45, 7) is 1.86. The number of fused-ring (bicyclic) bond motifs is 1. The molecule has 3 aromatic heterocycles. The summed E-state index contributed by atoms with van der Waals surface area (Å²) in [5, 5.41) is 18.0.